The lowest BCUT2D eigenvalue weighted by Gasteiger charge is -2.17. The molecule has 2 rings (SSSR count). The molecule has 1 heterocycles. The van der Waals surface area contributed by atoms with Crippen LogP contribution in [0.5, 0.6) is 5.75 Å². The molecule has 0 amide bonds. The molecule has 0 atom stereocenters. The largest absolute Gasteiger partial charge is 0.489 e. The van der Waals surface area contributed by atoms with E-state index >= 15 is 0 Å². The van der Waals surface area contributed by atoms with Gasteiger partial charge in [-0.25, -0.2) is 4.68 Å². The van der Waals surface area contributed by atoms with E-state index in [0.717, 1.165) is 4.68 Å². The van der Waals surface area contributed by atoms with Crippen LogP contribution in [-0.2, 0) is 16.1 Å². The molecule has 1 aromatic rings. The van der Waals surface area contributed by atoms with Crippen molar-refractivity contribution in [3.8, 4) is 5.75 Å². The molecule has 1 aromatic heterocycles. The summed E-state index contributed by atoms with van der Waals surface area (Å²) in [5, 5.41) is 4.16. The number of rotatable bonds is 6. The highest BCUT2D eigenvalue weighted by Crippen LogP contribution is 2.31. The van der Waals surface area contributed by atoms with Gasteiger partial charge in [0.25, 0.3) is 5.56 Å². The fraction of sp³-hybridized carbons (Fsp3) is 0.615. The van der Waals surface area contributed by atoms with E-state index < -0.39 is 5.97 Å². The quantitative estimate of drug-likeness (QED) is 0.697. The second-order valence-corrected chi connectivity index (χ2v) is 5.05. The third kappa shape index (κ3) is 3.49. The van der Waals surface area contributed by atoms with Gasteiger partial charge >= 0.3 is 5.97 Å². The number of carbonyl (C=O) groups is 1. The van der Waals surface area contributed by atoms with E-state index in [1.54, 1.807) is 19.0 Å². The van der Waals surface area contributed by atoms with Gasteiger partial charge in [0, 0.05) is 14.1 Å². The van der Waals surface area contributed by atoms with Crippen molar-refractivity contribution >= 4 is 11.8 Å². The second kappa shape index (κ2) is 5.94. The number of hydrogen-bond donors (Lipinski definition) is 0. The molecule has 0 spiro atoms. The van der Waals surface area contributed by atoms with Crippen molar-refractivity contribution in [1.82, 2.24) is 9.78 Å². The van der Waals surface area contributed by atoms with Gasteiger partial charge in [-0.05, 0) is 18.8 Å². The van der Waals surface area contributed by atoms with Gasteiger partial charge in [0.05, 0.1) is 19.8 Å². The highest BCUT2D eigenvalue weighted by atomic mass is 16.5. The lowest BCUT2D eigenvalue weighted by atomic mass is 10.4. The lowest BCUT2D eigenvalue weighted by Crippen LogP contribution is -2.29. The molecule has 0 N–H and O–H groups in total. The Bertz CT molecular complexity index is 549. The van der Waals surface area contributed by atoms with Crippen molar-refractivity contribution in [2.75, 3.05) is 32.7 Å². The molecular weight excluding hydrogens is 262 g/mol. The Labute approximate surface area is 117 Å². The number of aromatic nitrogens is 2. The molecule has 110 valence electrons. The number of ether oxygens (including phenoxy) is 2. The van der Waals surface area contributed by atoms with Gasteiger partial charge in [-0.3, -0.25) is 9.59 Å². The molecule has 1 fully saturated rings. The zero-order chi connectivity index (χ0) is 14.7. The highest BCUT2D eigenvalue weighted by molar-refractivity contribution is 5.68. The minimum atomic E-state index is -0.518. The maximum Gasteiger partial charge on any atom is 0.327 e. The van der Waals surface area contributed by atoms with Gasteiger partial charge in [-0.15, -0.1) is 5.10 Å². The van der Waals surface area contributed by atoms with Crippen molar-refractivity contribution in [2.24, 2.45) is 5.92 Å². The van der Waals surface area contributed by atoms with Crippen LogP contribution in [0.4, 0.5) is 5.82 Å². The summed E-state index contributed by atoms with van der Waals surface area (Å²) in [5.74, 6) is 1.04. The van der Waals surface area contributed by atoms with Crippen LogP contribution >= 0.6 is 0 Å². The Morgan fingerprint density at radius 3 is 2.75 bits per heavy atom. The summed E-state index contributed by atoms with van der Waals surface area (Å²) in [6, 6.07) is 1.37. The topological polar surface area (TPSA) is 73.7 Å². The van der Waals surface area contributed by atoms with Crippen molar-refractivity contribution < 1.29 is 14.3 Å². The molecule has 20 heavy (non-hydrogen) atoms. The minimum absolute atomic E-state index is 0.209. The van der Waals surface area contributed by atoms with Crippen molar-refractivity contribution in [3.63, 3.8) is 0 Å². The van der Waals surface area contributed by atoms with Crippen molar-refractivity contribution in [1.29, 1.82) is 0 Å². The maximum atomic E-state index is 11.9. The van der Waals surface area contributed by atoms with Crippen LogP contribution in [0, 0.1) is 5.92 Å². The molecule has 7 nitrogen and oxygen atoms in total. The van der Waals surface area contributed by atoms with Gasteiger partial charge < -0.3 is 14.4 Å². The average Bonchev–Trinajstić information content (AvgIpc) is 3.22. The predicted molar refractivity (Wildman–Crippen MR) is 73.1 cm³/mol. The summed E-state index contributed by atoms with van der Waals surface area (Å²) in [4.78, 5) is 24.9. The van der Waals surface area contributed by atoms with Crippen LogP contribution in [0.1, 0.15) is 12.8 Å². The molecule has 0 unspecified atom stereocenters. The number of esters is 1. The first-order valence-electron chi connectivity index (χ1n) is 6.50. The Balaban J connectivity index is 2.24. The Hall–Kier alpha value is -2.05. The van der Waals surface area contributed by atoms with Crippen LogP contribution in [-0.4, -0.2) is 43.6 Å². The molecule has 1 aliphatic carbocycles. The average molecular weight is 281 g/mol. The fourth-order valence-corrected chi connectivity index (χ4v) is 1.67. The highest BCUT2D eigenvalue weighted by Gasteiger charge is 2.23. The summed E-state index contributed by atoms with van der Waals surface area (Å²) in [5.41, 5.74) is -0.383. The van der Waals surface area contributed by atoms with Gasteiger partial charge in [0.2, 0.25) is 0 Å². The Morgan fingerprint density at radius 1 is 1.50 bits per heavy atom. The number of methoxy groups -OCH3 is 1. The summed E-state index contributed by atoms with van der Waals surface area (Å²) in [6.45, 7) is 0.391. The zero-order valence-corrected chi connectivity index (χ0v) is 12.0. The first-order valence-corrected chi connectivity index (χ1v) is 6.50. The van der Waals surface area contributed by atoms with E-state index in [1.165, 1.54) is 26.0 Å². The van der Waals surface area contributed by atoms with Crippen LogP contribution in [0.25, 0.3) is 0 Å². The van der Waals surface area contributed by atoms with Gasteiger partial charge in [-0.2, -0.15) is 0 Å². The minimum Gasteiger partial charge on any atom is -0.489 e. The molecule has 0 radical (unpaired) electrons. The number of hydrogen-bond acceptors (Lipinski definition) is 6. The van der Waals surface area contributed by atoms with Crippen LogP contribution in [0.3, 0.4) is 0 Å². The molecule has 7 heteroatoms. The lowest BCUT2D eigenvalue weighted by molar-refractivity contribution is -0.141. The molecule has 1 saturated carbocycles. The van der Waals surface area contributed by atoms with Crippen LogP contribution in [0.15, 0.2) is 10.9 Å². The third-order valence-electron chi connectivity index (χ3n) is 3.05. The van der Waals surface area contributed by atoms with Crippen molar-refractivity contribution in [3.05, 3.63) is 16.4 Å². The van der Waals surface area contributed by atoms with Gasteiger partial charge in [0.15, 0.2) is 11.6 Å². The van der Waals surface area contributed by atoms with Gasteiger partial charge in [-0.1, -0.05) is 0 Å². The normalized spacial score (nSPS) is 13.9. The third-order valence-corrected chi connectivity index (χ3v) is 3.05. The Morgan fingerprint density at radius 2 is 2.20 bits per heavy atom. The smallest absolute Gasteiger partial charge is 0.327 e. The maximum absolute atomic E-state index is 11.9. The van der Waals surface area contributed by atoms with E-state index in [2.05, 4.69) is 9.84 Å². The molecule has 0 aliphatic heterocycles. The predicted octanol–water partition coefficient (Wildman–Crippen LogP) is 0.271. The summed E-state index contributed by atoms with van der Waals surface area (Å²) < 4.78 is 11.3. The second-order valence-electron chi connectivity index (χ2n) is 5.05. The molecule has 0 saturated heterocycles. The molecule has 1 aliphatic rings. The number of carbonyl (C=O) groups excluding carboxylic acids is 1. The van der Waals surface area contributed by atoms with Crippen molar-refractivity contribution in [2.45, 2.75) is 19.4 Å². The van der Waals surface area contributed by atoms with E-state index in [1.807, 2.05) is 0 Å². The number of anilines is 1. The first kappa shape index (κ1) is 14.4. The SMILES string of the molecule is COC(=O)Cn1nc(N(C)C)c(OCC2CC2)cc1=O. The monoisotopic (exact) mass is 281 g/mol. The van der Waals surface area contributed by atoms with Gasteiger partial charge in [0.1, 0.15) is 6.54 Å². The fourth-order valence-electron chi connectivity index (χ4n) is 1.67. The summed E-state index contributed by atoms with van der Waals surface area (Å²) in [6.07, 6.45) is 2.34. The van der Waals surface area contributed by atoms with Crippen LogP contribution in [0.2, 0.25) is 0 Å². The molecule has 0 aromatic carbocycles. The zero-order valence-electron chi connectivity index (χ0n) is 12.0. The Kier molecular flexibility index (Phi) is 4.26. The molecular formula is C13H19N3O4. The van der Waals surface area contributed by atoms with E-state index in [-0.39, 0.29) is 12.1 Å². The molecule has 0 bridgehead atoms. The van der Waals surface area contributed by atoms with Crippen LogP contribution < -0.4 is 15.2 Å². The van der Waals surface area contributed by atoms with E-state index in [9.17, 15) is 9.59 Å². The number of nitrogens with zero attached hydrogens (tertiary/aromatic N) is 3. The summed E-state index contributed by atoms with van der Waals surface area (Å²) >= 11 is 0. The van der Waals surface area contributed by atoms with E-state index in [0.29, 0.717) is 24.1 Å². The summed E-state index contributed by atoms with van der Waals surface area (Å²) in [7, 11) is 4.88. The standard InChI is InChI=1S/C13H19N3O4/c1-15(2)13-10(20-8-9-4-5-9)6-11(17)16(14-13)7-12(18)19-3/h6,9H,4-5,7-8H2,1-3H3. The van der Waals surface area contributed by atoms with E-state index in [4.69, 9.17) is 4.74 Å². The first-order chi connectivity index (χ1) is 9.51.